The minimum Gasteiger partial charge on any atom is -0.303 e. The minimum absolute atomic E-state index is 0.0918. The van der Waals surface area contributed by atoms with E-state index in [2.05, 4.69) is 9.80 Å². The van der Waals surface area contributed by atoms with E-state index in [1.54, 1.807) is 18.2 Å². The maximum absolute atomic E-state index is 13.5. The predicted molar refractivity (Wildman–Crippen MR) is 69.0 cm³/mol. The van der Waals surface area contributed by atoms with E-state index in [0.29, 0.717) is 5.56 Å². The molecule has 3 nitrogen and oxygen atoms in total. The third-order valence-electron chi connectivity index (χ3n) is 3.55. The highest BCUT2D eigenvalue weighted by molar-refractivity contribution is 5.86. The standard InChI is InChI=1S/C14H19FN2O/c1-16-7-8-17(2)13(10-16)14(18)9-11-5-3-4-6-12(11)15/h3-6,13H,7-10H2,1-2H3. The molecule has 1 aliphatic heterocycles. The maximum atomic E-state index is 13.5. The molecule has 0 aromatic heterocycles. The van der Waals surface area contributed by atoms with Gasteiger partial charge in [-0.1, -0.05) is 18.2 Å². The van der Waals surface area contributed by atoms with Crippen molar-refractivity contribution in [2.24, 2.45) is 0 Å². The molecular weight excluding hydrogens is 231 g/mol. The highest BCUT2D eigenvalue weighted by atomic mass is 19.1. The van der Waals surface area contributed by atoms with Gasteiger partial charge in [-0.05, 0) is 25.7 Å². The van der Waals surface area contributed by atoms with Gasteiger partial charge in [0.05, 0.1) is 6.04 Å². The van der Waals surface area contributed by atoms with Gasteiger partial charge in [-0.15, -0.1) is 0 Å². The van der Waals surface area contributed by atoms with Gasteiger partial charge < -0.3 is 4.90 Å². The van der Waals surface area contributed by atoms with Gasteiger partial charge >= 0.3 is 0 Å². The molecule has 98 valence electrons. The number of nitrogens with zero attached hydrogens (tertiary/aromatic N) is 2. The summed E-state index contributed by atoms with van der Waals surface area (Å²) in [6.45, 7) is 2.58. The van der Waals surface area contributed by atoms with Crippen molar-refractivity contribution in [2.75, 3.05) is 33.7 Å². The van der Waals surface area contributed by atoms with E-state index in [-0.39, 0.29) is 24.1 Å². The van der Waals surface area contributed by atoms with Gasteiger partial charge in [-0.2, -0.15) is 0 Å². The van der Waals surface area contributed by atoms with E-state index < -0.39 is 0 Å². The van der Waals surface area contributed by atoms with E-state index >= 15 is 0 Å². The van der Waals surface area contributed by atoms with Crippen LogP contribution < -0.4 is 0 Å². The number of ketones is 1. The van der Waals surface area contributed by atoms with Crippen molar-refractivity contribution in [3.8, 4) is 0 Å². The van der Waals surface area contributed by atoms with Crippen molar-refractivity contribution >= 4 is 5.78 Å². The van der Waals surface area contributed by atoms with Gasteiger partial charge in [0.1, 0.15) is 5.82 Å². The molecule has 1 heterocycles. The lowest BCUT2D eigenvalue weighted by Crippen LogP contribution is -2.53. The Bertz CT molecular complexity index is 436. The Hall–Kier alpha value is -1.26. The molecule has 4 heteroatoms. The summed E-state index contributed by atoms with van der Waals surface area (Å²) in [5.74, 6) is -0.202. The summed E-state index contributed by atoms with van der Waals surface area (Å²) in [7, 11) is 3.97. The Morgan fingerprint density at radius 1 is 1.33 bits per heavy atom. The van der Waals surface area contributed by atoms with Crippen molar-refractivity contribution in [3.63, 3.8) is 0 Å². The summed E-state index contributed by atoms with van der Waals surface area (Å²) in [4.78, 5) is 16.4. The molecule has 18 heavy (non-hydrogen) atoms. The van der Waals surface area contributed by atoms with E-state index in [4.69, 9.17) is 0 Å². The lowest BCUT2D eigenvalue weighted by atomic mass is 10.0. The molecule has 1 fully saturated rings. The van der Waals surface area contributed by atoms with E-state index in [0.717, 1.165) is 19.6 Å². The summed E-state index contributed by atoms with van der Waals surface area (Å²) in [5.41, 5.74) is 0.490. The molecule has 1 aromatic carbocycles. The number of hydrogen-bond donors (Lipinski definition) is 0. The monoisotopic (exact) mass is 250 g/mol. The predicted octanol–water partition coefficient (Wildman–Crippen LogP) is 1.18. The van der Waals surface area contributed by atoms with Crippen LogP contribution in [0, 0.1) is 5.82 Å². The Morgan fingerprint density at radius 3 is 2.78 bits per heavy atom. The lowest BCUT2D eigenvalue weighted by molar-refractivity contribution is -0.125. The Morgan fingerprint density at radius 2 is 2.06 bits per heavy atom. The zero-order valence-electron chi connectivity index (χ0n) is 10.9. The van der Waals surface area contributed by atoms with Crippen molar-refractivity contribution in [2.45, 2.75) is 12.5 Å². The second-order valence-electron chi connectivity index (χ2n) is 4.99. The summed E-state index contributed by atoms with van der Waals surface area (Å²) in [6.07, 6.45) is 0.176. The molecule has 1 aromatic rings. The number of carbonyl (C=O) groups excluding carboxylic acids is 1. The Kier molecular flexibility index (Phi) is 4.09. The number of carbonyl (C=O) groups is 1. The quantitative estimate of drug-likeness (QED) is 0.805. The molecular formula is C14H19FN2O. The van der Waals surface area contributed by atoms with Crippen LogP contribution in [0.4, 0.5) is 4.39 Å². The summed E-state index contributed by atoms with van der Waals surface area (Å²) in [6, 6.07) is 6.37. The van der Waals surface area contributed by atoms with E-state index in [1.807, 2.05) is 14.1 Å². The molecule has 0 N–H and O–H groups in total. The first kappa shape index (κ1) is 13.2. The van der Waals surface area contributed by atoms with Crippen LogP contribution in [0.15, 0.2) is 24.3 Å². The molecule has 0 amide bonds. The molecule has 1 unspecified atom stereocenters. The van der Waals surface area contributed by atoms with E-state index in [1.165, 1.54) is 6.07 Å². The highest BCUT2D eigenvalue weighted by Gasteiger charge is 2.28. The number of piperazine rings is 1. The zero-order chi connectivity index (χ0) is 13.1. The van der Waals surface area contributed by atoms with Crippen molar-refractivity contribution < 1.29 is 9.18 Å². The molecule has 1 atom stereocenters. The number of likely N-dealkylation sites (N-methyl/N-ethyl adjacent to an activating group) is 2. The van der Waals surface area contributed by atoms with Crippen LogP contribution >= 0.6 is 0 Å². The summed E-state index contributed by atoms with van der Waals surface area (Å²) < 4.78 is 13.5. The van der Waals surface area contributed by atoms with Gasteiger partial charge in [0.15, 0.2) is 5.78 Å². The Balaban J connectivity index is 2.05. The second-order valence-corrected chi connectivity index (χ2v) is 4.99. The molecule has 0 spiro atoms. The van der Waals surface area contributed by atoms with Crippen LogP contribution in [-0.4, -0.2) is 55.4 Å². The first-order valence-corrected chi connectivity index (χ1v) is 6.23. The van der Waals surface area contributed by atoms with Crippen LogP contribution in [0.5, 0.6) is 0 Å². The number of rotatable bonds is 3. The third kappa shape index (κ3) is 2.94. The minimum atomic E-state index is -0.294. The van der Waals surface area contributed by atoms with Gasteiger partial charge in [0.25, 0.3) is 0 Å². The molecule has 0 saturated carbocycles. The second kappa shape index (κ2) is 5.59. The molecule has 0 bridgehead atoms. The first-order valence-electron chi connectivity index (χ1n) is 6.23. The van der Waals surface area contributed by atoms with Gasteiger partial charge in [0, 0.05) is 26.1 Å². The Labute approximate surface area is 107 Å². The SMILES string of the molecule is CN1CCN(C)C(C(=O)Cc2ccccc2F)C1. The van der Waals surface area contributed by atoms with Crippen LogP contribution in [0.2, 0.25) is 0 Å². The summed E-state index contributed by atoms with van der Waals surface area (Å²) in [5, 5.41) is 0. The number of hydrogen-bond acceptors (Lipinski definition) is 3. The average Bonchev–Trinajstić information content (AvgIpc) is 2.35. The number of Topliss-reactive ketones (excluding diaryl/α,β-unsaturated/α-hetero) is 1. The van der Waals surface area contributed by atoms with Crippen LogP contribution in [-0.2, 0) is 11.2 Å². The van der Waals surface area contributed by atoms with Gasteiger partial charge in [-0.25, -0.2) is 4.39 Å². The molecule has 1 aliphatic rings. The number of halogens is 1. The fraction of sp³-hybridized carbons (Fsp3) is 0.500. The first-order chi connectivity index (χ1) is 8.58. The van der Waals surface area contributed by atoms with Crippen LogP contribution in [0.25, 0.3) is 0 Å². The lowest BCUT2D eigenvalue weighted by Gasteiger charge is -2.36. The van der Waals surface area contributed by atoms with Crippen molar-refractivity contribution in [1.82, 2.24) is 9.80 Å². The molecule has 0 radical (unpaired) electrons. The fourth-order valence-electron chi connectivity index (χ4n) is 2.31. The topological polar surface area (TPSA) is 23.6 Å². The van der Waals surface area contributed by atoms with Crippen LogP contribution in [0.3, 0.4) is 0 Å². The smallest absolute Gasteiger partial charge is 0.155 e. The maximum Gasteiger partial charge on any atom is 0.155 e. The molecule has 2 rings (SSSR count). The largest absolute Gasteiger partial charge is 0.303 e. The third-order valence-corrected chi connectivity index (χ3v) is 3.55. The van der Waals surface area contributed by atoms with Crippen molar-refractivity contribution in [3.05, 3.63) is 35.6 Å². The van der Waals surface area contributed by atoms with Crippen molar-refractivity contribution in [1.29, 1.82) is 0 Å². The molecule has 1 saturated heterocycles. The number of benzene rings is 1. The zero-order valence-corrected chi connectivity index (χ0v) is 10.9. The fourth-order valence-corrected chi connectivity index (χ4v) is 2.31. The van der Waals surface area contributed by atoms with Gasteiger partial charge in [0.2, 0.25) is 0 Å². The summed E-state index contributed by atoms with van der Waals surface area (Å²) >= 11 is 0. The molecule has 0 aliphatic carbocycles. The normalized spacial score (nSPS) is 22.1. The van der Waals surface area contributed by atoms with Gasteiger partial charge in [-0.3, -0.25) is 9.69 Å². The van der Waals surface area contributed by atoms with Crippen LogP contribution in [0.1, 0.15) is 5.56 Å². The highest BCUT2D eigenvalue weighted by Crippen LogP contribution is 2.13. The van der Waals surface area contributed by atoms with E-state index in [9.17, 15) is 9.18 Å². The average molecular weight is 250 g/mol.